The number of nitrogens with zero attached hydrogens (tertiary/aromatic N) is 4. The number of rotatable bonds is 5. The molecule has 0 aliphatic heterocycles. The molecule has 0 amide bonds. The van der Waals surface area contributed by atoms with Crippen LogP contribution in [-0.4, -0.2) is 19.5 Å². The van der Waals surface area contributed by atoms with Gasteiger partial charge in [-0.2, -0.15) is 0 Å². The molecule has 234 valence electrons. The topological polar surface area (TPSA) is 43.6 Å². The van der Waals surface area contributed by atoms with Crippen LogP contribution in [0.4, 0.5) is 0 Å². The van der Waals surface area contributed by atoms with Gasteiger partial charge in [-0.15, -0.1) is 11.3 Å². The van der Waals surface area contributed by atoms with E-state index < -0.39 is 78.2 Å². The quantitative estimate of drug-likeness (QED) is 0.183. The van der Waals surface area contributed by atoms with Crippen molar-refractivity contribution in [1.82, 2.24) is 19.5 Å². The second-order valence-electron chi connectivity index (χ2n) is 11.5. The van der Waals surface area contributed by atoms with Crippen LogP contribution in [0.1, 0.15) is 16.4 Å². The summed E-state index contributed by atoms with van der Waals surface area (Å²) in [7, 11) is 0. The van der Waals surface area contributed by atoms with Gasteiger partial charge in [0.2, 0.25) is 0 Å². The van der Waals surface area contributed by atoms with E-state index in [4.69, 9.17) is 27.3 Å². The summed E-state index contributed by atoms with van der Waals surface area (Å²) in [6.07, 6.45) is 0. The Morgan fingerprint density at radius 1 is 0.460 bits per heavy atom. The van der Waals surface area contributed by atoms with E-state index in [0.29, 0.717) is 11.1 Å². The lowest BCUT2D eigenvalue weighted by atomic mass is 10.0. The lowest BCUT2D eigenvalue weighted by Crippen LogP contribution is -2.01. The van der Waals surface area contributed by atoms with Crippen molar-refractivity contribution >= 4 is 53.3 Å². The fraction of sp³-hybridized carbons (Fsp3) is 0. The zero-order chi connectivity index (χ0) is 43.5. The first-order valence-corrected chi connectivity index (χ1v) is 16.5. The van der Waals surface area contributed by atoms with Crippen LogP contribution >= 0.6 is 11.3 Å². The SMILES string of the molecule is [2H]c1c([2H])c([2H])c(-n2c3c([2H])c([2H])c([2H])c([2H])c3c3c(-c4nc(-c5ccc(-c6ccccc6)cc5)nc(-c5cccc6c5sc5ccccc56)n4)c([2H])c([2H])c([2H])c32)c([2H])c1[2H]. The maximum absolute atomic E-state index is 9.46. The Kier molecular flexibility index (Phi) is 4.40. The summed E-state index contributed by atoms with van der Waals surface area (Å²) in [6.45, 7) is 0. The van der Waals surface area contributed by atoms with E-state index in [9.17, 15) is 4.11 Å². The van der Waals surface area contributed by atoms with Crippen LogP contribution in [0.25, 0.3) is 93.0 Å². The van der Waals surface area contributed by atoms with Gasteiger partial charge in [-0.3, -0.25) is 0 Å². The van der Waals surface area contributed by atoms with E-state index in [-0.39, 0.29) is 44.8 Å². The summed E-state index contributed by atoms with van der Waals surface area (Å²) in [5.74, 6) is 0.249. The van der Waals surface area contributed by atoms with E-state index >= 15 is 0 Å². The molecule has 0 saturated carbocycles. The minimum atomic E-state index is -0.716. The number of benzene rings is 7. The normalized spacial score (nSPS) is 15.0. The van der Waals surface area contributed by atoms with Crippen molar-refractivity contribution < 1.29 is 16.4 Å². The van der Waals surface area contributed by atoms with Gasteiger partial charge in [-0.1, -0.05) is 133 Å². The average Bonchev–Trinajstić information content (AvgIpc) is 3.85. The Morgan fingerprint density at radius 3 is 1.98 bits per heavy atom. The van der Waals surface area contributed by atoms with Crippen molar-refractivity contribution in [2.45, 2.75) is 0 Å². The lowest BCUT2D eigenvalue weighted by molar-refractivity contribution is 1.08. The molecular formula is C45H28N4S. The Bertz CT molecular complexity index is 3520. The molecule has 10 aromatic rings. The first-order chi connectivity index (χ1) is 29.8. The number of thiophene rings is 1. The molecule has 0 radical (unpaired) electrons. The minimum absolute atomic E-state index is 0.132. The molecule has 7 aromatic carbocycles. The van der Waals surface area contributed by atoms with Crippen LogP contribution in [0, 0.1) is 0 Å². The fourth-order valence-electron chi connectivity index (χ4n) is 6.42. The monoisotopic (exact) mass is 668 g/mol. The van der Waals surface area contributed by atoms with Gasteiger partial charge in [-0.25, -0.2) is 15.0 Å². The van der Waals surface area contributed by atoms with E-state index in [1.165, 1.54) is 0 Å². The van der Waals surface area contributed by atoms with Crippen molar-refractivity contribution in [1.29, 1.82) is 0 Å². The molecule has 4 nitrogen and oxygen atoms in total. The molecular weight excluding hydrogens is 629 g/mol. The molecule has 10 rings (SSSR count). The summed E-state index contributed by atoms with van der Waals surface area (Å²) in [6, 6.07) is 23.3. The predicted octanol–water partition coefficient (Wildman–Crippen LogP) is 12.0. The van der Waals surface area contributed by atoms with Crippen molar-refractivity contribution in [3.05, 3.63) is 170 Å². The molecule has 0 N–H and O–H groups in total. The van der Waals surface area contributed by atoms with E-state index in [1.807, 2.05) is 97.1 Å². The van der Waals surface area contributed by atoms with Crippen molar-refractivity contribution in [2.24, 2.45) is 0 Å². The van der Waals surface area contributed by atoms with Crippen LogP contribution in [-0.2, 0) is 0 Å². The van der Waals surface area contributed by atoms with Crippen LogP contribution < -0.4 is 0 Å². The van der Waals surface area contributed by atoms with Crippen LogP contribution in [0.15, 0.2) is 170 Å². The largest absolute Gasteiger partial charge is 0.309 e. The van der Waals surface area contributed by atoms with Gasteiger partial charge in [0.1, 0.15) is 0 Å². The summed E-state index contributed by atoms with van der Waals surface area (Å²) in [5.41, 5.74) is 1.88. The number of aromatic nitrogens is 4. The molecule has 0 aliphatic rings. The Morgan fingerprint density at radius 2 is 1.12 bits per heavy atom. The molecule has 0 saturated heterocycles. The highest BCUT2D eigenvalue weighted by molar-refractivity contribution is 7.26. The Balaban J connectivity index is 1.36. The van der Waals surface area contributed by atoms with Gasteiger partial charge in [0.05, 0.1) is 27.5 Å². The van der Waals surface area contributed by atoms with Crippen LogP contribution in [0.5, 0.6) is 0 Å². The third kappa shape index (κ3) is 4.63. The van der Waals surface area contributed by atoms with Gasteiger partial charge in [0.15, 0.2) is 17.5 Å². The first kappa shape index (κ1) is 18.9. The minimum Gasteiger partial charge on any atom is -0.309 e. The molecule has 0 spiro atoms. The Labute approximate surface area is 309 Å². The van der Waals surface area contributed by atoms with Crippen molar-refractivity contribution in [3.8, 4) is 51.0 Å². The number of hydrogen-bond donors (Lipinski definition) is 0. The highest BCUT2D eigenvalue weighted by atomic mass is 32.1. The Hall–Kier alpha value is -6.43. The van der Waals surface area contributed by atoms with Gasteiger partial charge in [-0.05, 0) is 47.4 Å². The van der Waals surface area contributed by atoms with Crippen LogP contribution in [0.3, 0.4) is 0 Å². The molecule has 3 aromatic heterocycles. The molecule has 50 heavy (non-hydrogen) atoms. The highest BCUT2D eigenvalue weighted by Crippen LogP contribution is 2.41. The second-order valence-corrected chi connectivity index (χ2v) is 12.6. The number of para-hydroxylation sites is 2. The maximum Gasteiger partial charge on any atom is 0.165 e. The van der Waals surface area contributed by atoms with E-state index in [2.05, 4.69) is 0 Å². The van der Waals surface area contributed by atoms with Gasteiger partial charge in [0.25, 0.3) is 0 Å². The van der Waals surface area contributed by atoms with Gasteiger partial charge in [0, 0.05) is 53.3 Å². The molecule has 0 unspecified atom stereocenters. The van der Waals surface area contributed by atoms with E-state index in [1.54, 1.807) is 11.3 Å². The van der Waals surface area contributed by atoms with Gasteiger partial charge >= 0.3 is 0 Å². The molecule has 3 heterocycles. The number of hydrogen-bond acceptors (Lipinski definition) is 4. The highest BCUT2D eigenvalue weighted by Gasteiger charge is 2.21. The average molecular weight is 669 g/mol. The third-order valence-corrected chi connectivity index (χ3v) is 9.90. The molecule has 0 bridgehead atoms. The number of fused-ring (bicyclic) bond motifs is 6. The first-order valence-electron chi connectivity index (χ1n) is 21.7. The zero-order valence-electron chi connectivity index (χ0n) is 37.9. The van der Waals surface area contributed by atoms with Gasteiger partial charge < -0.3 is 4.57 Å². The second kappa shape index (κ2) is 11.6. The van der Waals surface area contributed by atoms with E-state index in [0.717, 1.165) is 35.9 Å². The van der Waals surface area contributed by atoms with Crippen LogP contribution in [0.2, 0.25) is 0 Å². The standard InChI is InChI=1S/C45H28N4S/c1-3-13-29(14-4-1)30-25-27-31(28-26-30)43-46-44(48-45(47-43)37-21-11-19-34-33-17-8-10-24-40(33)50-42(34)37)36-20-12-23-39-41(36)35-18-7-9-22-38(35)49(39)32-15-5-2-6-16-32/h1-28H/i2D,5D,6D,7D,9D,12D,15D,16D,18D,20D,22D,23D. The van der Waals surface area contributed by atoms with Crippen molar-refractivity contribution in [2.75, 3.05) is 0 Å². The summed E-state index contributed by atoms with van der Waals surface area (Å²) >= 11 is 1.55. The van der Waals surface area contributed by atoms with Crippen molar-refractivity contribution in [3.63, 3.8) is 0 Å². The zero-order valence-corrected chi connectivity index (χ0v) is 26.8. The molecule has 0 aliphatic carbocycles. The maximum atomic E-state index is 9.46. The summed E-state index contributed by atoms with van der Waals surface area (Å²) in [5, 5.41) is 1.66. The molecule has 0 fully saturated rings. The smallest absolute Gasteiger partial charge is 0.165 e. The summed E-state index contributed by atoms with van der Waals surface area (Å²) < 4.78 is 110. The molecule has 5 heteroatoms. The molecule has 0 atom stereocenters. The lowest BCUT2D eigenvalue weighted by Gasteiger charge is -2.11. The third-order valence-electron chi connectivity index (χ3n) is 8.68. The predicted molar refractivity (Wildman–Crippen MR) is 209 cm³/mol. The summed E-state index contributed by atoms with van der Waals surface area (Å²) in [4.78, 5) is 14.9. The fourth-order valence-corrected chi connectivity index (χ4v) is 7.63.